The SMILES string of the molecule is Oc1ccccc1C1=NC2C=CC=CC2C1. The summed E-state index contributed by atoms with van der Waals surface area (Å²) in [5, 5.41) is 9.79. The minimum Gasteiger partial charge on any atom is -0.507 e. The molecular weight excluding hydrogens is 198 g/mol. The molecule has 3 rings (SSSR count). The number of rotatable bonds is 1. The molecule has 1 N–H and O–H groups in total. The predicted octanol–water partition coefficient (Wildman–Crippen LogP) is 2.70. The van der Waals surface area contributed by atoms with Gasteiger partial charge in [0, 0.05) is 17.2 Å². The van der Waals surface area contributed by atoms with Crippen molar-refractivity contribution < 1.29 is 5.11 Å². The number of hydrogen-bond donors (Lipinski definition) is 1. The number of aromatic hydroxyl groups is 1. The van der Waals surface area contributed by atoms with Crippen LogP contribution < -0.4 is 0 Å². The highest BCUT2D eigenvalue weighted by molar-refractivity contribution is 6.04. The van der Waals surface area contributed by atoms with Gasteiger partial charge in [-0.25, -0.2) is 0 Å². The standard InChI is InChI=1S/C14H13NO/c16-14-8-4-2-6-11(14)13-9-10-5-1-3-7-12(10)15-13/h1-8,10,12,16H,9H2. The fourth-order valence-electron chi connectivity index (χ4n) is 2.32. The summed E-state index contributed by atoms with van der Waals surface area (Å²) in [6.07, 6.45) is 9.35. The zero-order valence-corrected chi connectivity index (χ0v) is 8.88. The second-order valence-electron chi connectivity index (χ2n) is 4.22. The molecule has 1 heterocycles. The molecule has 0 saturated carbocycles. The second kappa shape index (κ2) is 3.63. The minimum absolute atomic E-state index is 0.264. The van der Waals surface area contributed by atoms with E-state index in [1.807, 2.05) is 24.3 Å². The number of fused-ring (bicyclic) bond motifs is 1. The highest BCUT2D eigenvalue weighted by atomic mass is 16.3. The Morgan fingerprint density at radius 1 is 1.12 bits per heavy atom. The second-order valence-corrected chi connectivity index (χ2v) is 4.22. The molecule has 0 amide bonds. The van der Waals surface area contributed by atoms with E-state index in [0.29, 0.717) is 11.7 Å². The molecule has 2 aliphatic rings. The molecule has 2 nitrogen and oxygen atoms in total. The molecule has 1 aromatic carbocycles. The maximum atomic E-state index is 9.79. The first kappa shape index (κ1) is 9.40. The van der Waals surface area contributed by atoms with Gasteiger partial charge in [0.2, 0.25) is 0 Å². The lowest BCUT2D eigenvalue weighted by molar-refractivity contribution is 0.474. The third-order valence-electron chi connectivity index (χ3n) is 3.17. The van der Waals surface area contributed by atoms with Crippen LogP contribution in [0.4, 0.5) is 0 Å². The Morgan fingerprint density at radius 3 is 2.75 bits per heavy atom. The summed E-state index contributed by atoms with van der Waals surface area (Å²) in [4.78, 5) is 4.66. The normalized spacial score (nSPS) is 26.6. The molecule has 2 heteroatoms. The van der Waals surface area contributed by atoms with Gasteiger partial charge in [0.05, 0.1) is 6.04 Å². The van der Waals surface area contributed by atoms with Crippen LogP contribution in [0.25, 0.3) is 0 Å². The van der Waals surface area contributed by atoms with E-state index in [4.69, 9.17) is 0 Å². The summed E-state index contributed by atoms with van der Waals surface area (Å²) in [7, 11) is 0. The van der Waals surface area contributed by atoms with Gasteiger partial charge in [0.15, 0.2) is 0 Å². The van der Waals surface area contributed by atoms with Crippen LogP contribution in [-0.2, 0) is 0 Å². The average Bonchev–Trinajstić information content (AvgIpc) is 2.73. The fourth-order valence-corrected chi connectivity index (χ4v) is 2.32. The molecule has 1 aliphatic heterocycles. The van der Waals surface area contributed by atoms with Gasteiger partial charge in [0.1, 0.15) is 5.75 Å². The quantitative estimate of drug-likeness (QED) is 0.761. The van der Waals surface area contributed by atoms with Crippen molar-refractivity contribution in [3.05, 3.63) is 54.1 Å². The van der Waals surface area contributed by atoms with Gasteiger partial charge in [-0.15, -0.1) is 0 Å². The molecule has 0 bridgehead atoms. The number of nitrogens with zero attached hydrogens (tertiary/aromatic N) is 1. The number of phenols is 1. The lowest BCUT2D eigenvalue weighted by Crippen LogP contribution is -2.10. The van der Waals surface area contributed by atoms with E-state index in [9.17, 15) is 5.11 Å². The van der Waals surface area contributed by atoms with Crippen LogP contribution in [0.2, 0.25) is 0 Å². The van der Waals surface area contributed by atoms with Crippen molar-refractivity contribution in [3.63, 3.8) is 0 Å². The van der Waals surface area contributed by atoms with Crippen molar-refractivity contribution in [1.29, 1.82) is 0 Å². The van der Waals surface area contributed by atoms with Crippen LogP contribution in [0, 0.1) is 5.92 Å². The van der Waals surface area contributed by atoms with Crippen LogP contribution in [0.15, 0.2) is 53.6 Å². The number of para-hydroxylation sites is 1. The summed E-state index contributed by atoms with van der Waals surface area (Å²) >= 11 is 0. The summed E-state index contributed by atoms with van der Waals surface area (Å²) < 4.78 is 0. The lowest BCUT2D eigenvalue weighted by atomic mass is 9.93. The van der Waals surface area contributed by atoms with E-state index in [0.717, 1.165) is 17.7 Å². The molecule has 2 atom stereocenters. The molecule has 0 saturated heterocycles. The van der Waals surface area contributed by atoms with Gasteiger partial charge in [-0.1, -0.05) is 36.4 Å². The lowest BCUT2D eigenvalue weighted by Gasteiger charge is -2.11. The van der Waals surface area contributed by atoms with E-state index in [1.165, 1.54) is 0 Å². The first-order valence-corrected chi connectivity index (χ1v) is 5.54. The topological polar surface area (TPSA) is 32.6 Å². The largest absolute Gasteiger partial charge is 0.507 e. The Hall–Kier alpha value is -1.83. The molecule has 0 spiro atoms. The van der Waals surface area contributed by atoms with Crippen molar-refractivity contribution in [1.82, 2.24) is 0 Å². The van der Waals surface area contributed by atoms with Crippen molar-refractivity contribution in [2.45, 2.75) is 12.5 Å². The van der Waals surface area contributed by atoms with E-state index in [1.54, 1.807) is 6.07 Å². The Morgan fingerprint density at radius 2 is 1.94 bits per heavy atom. The fraction of sp³-hybridized carbons (Fsp3) is 0.214. The van der Waals surface area contributed by atoms with Crippen molar-refractivity contribution >= 4 is 5.71 Å². The zero-order chi connectivity index (χ0) is 11.0. The van der Waals surface area contributed by atoms with Crippen molar-refractivity contribution in [3.8, 4) is 5.75 Å². The smallest absolute Gasteiger partial charge is 0.124 e. The van der Waals surface area contributed by atoms with E-state index < -0.39 is 0 Å². The third-order valence-corrected chi connectivity index (χ3v) is 3.17. The molecular formula is C14H13NO. The number of aliphatic imine (C=N–C) groups is 1. The Labute approximate surface area is 94.6 Å². The maximum absolute atomic E-state index is 9.79. The van der Waals surface area contributed by atoms with Crippen molar-refractivity contribution in [2.75, 3.05) is 0 Å². The molecule has 0 fully saturated rings. The van der Waals surface area contributed by atoms with E-state index in [2.05, 4.69) is 23.2 Å². The van der Waals surface area contributed by atoms with Gasteiger partial charge in [-0.2, -0.15) is 0 Å². The Kier molecular flexibility index (Phi) is 2.13. The highest BCUT2D eigenvalue weighted by Crippen LogP contribution is 2.31. The first-order valence-electron chi connectivity index (χ1n) is 5.54. The highest BCUT2D eigenvalue weighted by Gasteiger charge is 2.27. The average molecular weight is 211 g/mol. The van der Waals surface area contributed by atoms with Crippen LogP contribution in [0.1, 0.15) is 12.0 Å². The van der Waals surface area contributed by atoms with Crippen LogP contribution in [-0.4, -0.2) is 16.9 Å². The van der Waals surface area contributed by atoms with Gasteiger partial charge in [-0.3, -0.25) is 4.99 Å². The summed E-state index contributed by atoms with van der Waals surface area (Å²) in [5.74, 6) is 0.799. The number of hydrogen-bond acceptors (Lipinski definition) is 2. The number of allylic oxidation sites excluding steroid dienone is 2. The van der Waals surface area contributed by atoms with E-state index in [-0.39, 0.29) is 6.04 Å². The monoisotopic (exact) mass is 211 g/mol. The number of benzene rings is 1. The van der Waals surface area contributed by atoms with Crippen LogP contribution in [0.5, 0.6) is 5.75 Å². The maximum Gasteiger partial charge on any atom is 0.124 e. The predicted molar refractivity (Wildman–Crippen MR) is 64.8 cm³/mol. The molecule has 1 aromatic rings. The molecule has 1 aliphatic carbocycles. The van der Waals surface area contributed by atoms with E-state index >= 15 is 0 Å². The minimum atomic E-state index is 0.264. The molecule has 0 radical (unpaired) electrons. The Balaban J connectivity index is 1.96. The summed E-state index contributed by atoms with van der Waals surface area (Å²) in [6.45, 7) is 0. The zero-order valence-electron chi connectivity index (χ0n) is 8.88. The van der Waals surface area contributed by atoms with Crippen LogP contribution >= 0.6 is 0 Å². The molecule has 16 heavy (non-hydrogen) atoms. The number of phenolic OH excluding ortho intramolecular Hbond substituents is 1. The van der Waals surface area contributed by atoms with Gasteiger partial charge in [-0.05, 0) is 18.6 Å². The molecule has 0 aromatic heterocycles. The molecule has 2 unspecified atom stereocenters. The summed E-state index contributed by atoms with van der Waals surface area (Å²) in [6, 6.07) is 7.68. The molecule has 80 valence electrons. The summed E-state index contributed by atoms with van der Waals surface area (Å²) in [5.41, 5.74) is 1.89. The van der Waals surface area contributed by atoms with Gasteiger partial charge in [0.25, 0.3) is 0 Å². The first-order chi connectivity index (χ1) is 7.84. The third kappa shape index (κ3) is 1.47. The van der Waals surface area contributed by atoms with Gasteiger partial charge < -0.3 is 5.11 Å². The Bertz CT molecular complexity index is 499. The van der Waals surface area contributed by atoms with Gasteiger partial charge >= 0.3 is 0 Å². The van der Waals surface area contributed by atoms with Crippen LogP contribution in [0.3, 0.4) is 0 Å². The van der Waals surface area contributed by atoms with Crippen molar-refractivity contribution in [2.24, 2.45) is 10.9 Å².